The highest BCUT2D eigenvalue weighted by molar-refractivity contribution is 5.90. The molecule has 13 nitrogen and oxygen atoms in total. The fourth-order valence-electron chi connectivity index (χ4n) is 7.52. The highest BCUT2D eigenvalue weighted by atomic mass is 16.8. The van der Waals surface area contributed by atoms with E-state index in [1.807, 2.05) is 91.0 Å². The van der Waals surface area contributed by atoms with Crippen LogP contribution in [0.5, 0.6) is 0 Å². The van der Waals surface area contributed by atoms with E-state index < -0.39 is 79.3 Å². The van der Waals surface area contributed by atoms with E-state index in [0.29, 0.717) is 0 Å². The van der Waals surface area contributed by atoms with Crippen LogP contribution in [0, 0.1) is 0 Å². The van der Waals surface area contributed by atoms with Crippen molar-refractivity contribution >= 4 is 17.9 Å². The van der Waals surface area contributed by atoms with E-state index in [1.54, 1.807) is 60.7 Å². The van der Waals surface area contributed by atoms with E-state index in [1.165, 1.54) is 7.11 Å². The van der Waals surface area contributed by atoms with E-state index in [9.17, 15) is 14.4 Å². The fourth-order valence-corrected chi connectivity index (χ4v) is 7.52. The topological polar surface area (TPSA) is 144 Å². The minimum absolute atomic E-state index is 0.00640. The summed E-state index contributed by atoms with van der Waals surface area (Å²) in [4.78, 5) is 41.2. The van der Waals surface area contributed by atoms with Crippen molar-refractivity contribution in [3.63, 3.8) is 0 Å². The summed E-state index contributed by atoms with van der Waals surface area (Å²) in [5, 5.41) is 0. The zero-order chi connectivity index (χ0) is 42.0. The number of esters is 3. The molecule has 3 aliphatic heterocycles. The molecule has 5 aromatic rings. The Morgan fingerprint density at radius 1 is 0.508 bits per heavy atom. The van der Waals surface area contributed by atoms with Gasteiger partial charge in [0, 0.05) is 0 Å². The predicted octanol–water partition coefficient (Wildman–Crippen LogP) is 6.23. The lowest BCUT2D eigenvalue weighted by atomic mass is 9.96. The molecule has 8 rings (SSSR count). The van der Waals surface area contributed by atoms with Crippen LogP contribution in [0.1, 0.15) is 37.4 Å². The average molecular weight is 831 g/mol. The number of fused-ring (bicyclic) bond motifs is 2. The van der Waals surface area contributed by atoms with Gasteiger partial charge in [0.15, 0.2) is 30.9 Å². The van der Waals surface area contributed by atoms with Gasteiger partial charge in [0.05, 0.1) is 44.7 Å². The second kappa shape index (κ2) is 20.2. The van der Waals surface area contributed by atoms with Crippen molar-refractivity contribution in [3.05, 3.63) is 179 Å². The summed E-state index contributed by atoms with van der Waals surface area (Å²) in [6.07, 6.45) is -11.7. The lowest BCUT2D eigenvalue weighted by Crippen LogP contribution is -2.65. The summed E-state index contributed by atoms with van der Waals surface area (Å²) in [6.45, 7) is 0.303. The summed E-state index contributed by atoms with van der Waals surface area (Å²) in [7, 11) is 1.25. The van der Waals surface area contributed by atoms with Crippen LogP contribution >= 0.6 is 0 Å². The van der Waals surface area contributed by atoms with E-state index in [-0.39, 0.29) is 37.6 Å². The highest BCUT2D eigenvalue weighted by Gasteiger charge is 2.59. The third-order valence-electron chi connectivity index (χ3n) is 10.6. The van der Waals surface area contributed by atoms with E-state index in [4.69, 9.17) is 47.4 Å². The van der Waals surface area contributed by atoms with Crippen molar-refractivity contribution in [2.24, 2.45) is 0 Å². The van der Waals surface area contributed by atoms with E-state index in [0.717, 1.165) is 16.7 Å². The standard InChI is InChI=1S/C48H46O13/c1-52-46(51)41-38(53-27-31-17-7-2-8-18-31)39(54-28-32-19-9-3-10-20-32)42(55-29-33-21-11-4-12-22-33)48(61-41)60-37-36-30-56-47(57-36)43(59-45(50)35-25-15-6-16-26-35)40(37)58-44(49)34-23-13-5-14-24-34/h2-26,36-43,47-48H,27-30H2,1H3/t36-,37-,38+,39+,40+,41+,42-,43-,47-,48?/m1/s1. The molecule has 0 saturated carbocycles. The Morgan fingerprint density at radius 2 is 0.951 bits per heavy atom. The van der Waals surface area contributed by atoms with Crippen LogP contribution in [0.3, 0.4) is 0 Å². The molecule has 3 heterocycles. The molecule has 0 radical (unpaired) electrons. The van der Waals surface area contributed by atoms with Crippen molar-refractivity contribution in [1.82, 2.24) is 0 Å². The van der Waals surface area contributed by atoms with Gasteiger partial charge in [0.2, 0.25) is 0 Å². The molecule has 0 aliphatic carbocycles. The lowest BCUT2D eigenvalue weighted by Gasteiger charge is -2.47. The molecular weight excluding hydrogens is 785 g/mol. The summed E-state index contributed by atoms with van der Waals surface area (Å²) in [5.74, 6) is -2.14. The Labute approximate surface area is 353 Å². The Bertz CT molecular complexity index is 2160. The Kier molecular flexibility index (Phi) is 13.9. The van der Waals surface area contributed by atoms with Crippen LogP contribution in [0.25, 0.3) is 0 Å². The minimum atomic E-state index is -1.40. The molecule has 0 spiro atoms. The third kappa shape index (κ3) is 10.2. The lowest BCUT2D eigenvalue weighted by molar-refractivity contribution is -0.347. The SMILES string of the molecule is COC(=O)[C@H]1OC(O[C@H]2[C@H](OC(=O)c3ccccc3)[C@@H](OC(=O)c3ccccc3)[C@@H]3OC[C@H]2O3)[C@H](OCc2ccccc2)[C@@H](OCc2ccccc2)[C@@H]1OCc1ccccc1. The molecule has 10 atom stereocenters. The smallest absolute Gasteiger partial charge is 0.338 e. The van der Waals surface area contributed by atoms with Gasteiger partial charge >= 0.3 is 17.9 Å². The molecular formula is C48H46O13. The molecule has 1 unspecified atom stereocenters. The number of benzene rings is 5. The van der Waals surface area contributed by atoms with Gasteiger partial charge in [-0.1, -0.05) is 127 Å². The molecule has 3 fully saturated rings. The maximum Gasteiger partial charge on any atom is 0.338 e. The number of rotatable bonds is 16. The molecule has 3 aliphatic rings. The van der Waals surface area contributed by atoms with Crippen LogP contribution in [0.2, 0.25) is 0 Å². The second-order valence-corrected chi connectivity index (χ2v) is 14.7. The number of ether oxygens (including phenoxy) is 10. The molecule has 5 aromatic carbocycles. The maximum atomic E-state index is 13.8. The van der Waals surface area contributed by atoms with Crippen molar-refractivity contribution in [2.45, 2.75) is 81.2 Å². The first-order chi connectivity index (χ1) is 29.9. The number of hydrogen-bond donors (Lipinski definition) is 0. The van der Waals surface area contributed by atoms with Crippen molar-refractivity contribution in [3.8, 4) is 0 Å². The zero-order valence-corrected chi connectivity index (χ0v) is 33.3. The fraction of sp³-hybridized carbons (Fsp3) is 0.312. The van der Waals surface area contributed by atoms with Crippen LogP contribution < -0.4 is 0 Å². The average Bonchev–Trinajstić information content (AvgIpc) is 3.76. The minimum Gasteiger partial charge on any atom is -0.467 e. The first kappa shape index (κ1) is 41.9. The number of hydrogen-bond acceptors (Lipinski definition) is 13. The zero-order valence-electron chi connectivity index (χ0n) is 33.3. The predicted molar refractivity (Wildman–Crippen MR) is 217 cm³/mol. The maximum absolute atomic E-state index is 13.8. The largest absolute Gasteiger partial charge is 0.467 e. The van der Waals surface area contributed by atoms with Gasteiger partial charge in [-0.05, 0) is 41.0 Å². The van der Waals surface area contributed by atoms with Crippen LogP contribution in [-0.2, 0) is 72.0 Å². The summed E-state index contributed by atoms with van der Waals surface area (Å²) in [6, 6.07) is 45.3. The quantitative estimate of drug-likeness (QED) is 0.0820. The van der Waals surface area contributed by atoms with E-state index in [2.05, 4.69) is 0 Å². The van der Waals surface area contributed by atoms with Crippen LogP contribution in [-0.4, -0.2) is 93.0 Å². The molecule has 61 heavy (non-hydrogen) atoms. The molecule has 0 amide bonds. The highest BCUT2D eigenvalue weighted by Crippen LogP contribution is 2.39. The van der Waals surface area contributed by atoms with Crippen LogP contribution in [0.4, 0.5) is 0 Å². The number of carbonyl (C=O) groups excluding carboxylic acids is 3. The van der Waals surface area contributed by atoms with Gasteiger partial charge in [-0.25, -0.2) is 14.4 Å². The molecule has 13 heteroatoms. The van der Waals surface area contributed by atoms with Crippen molar-refractivity contribution in [2.75, 3.05) is 13.7 Å². The monoisotopic (exact) mass is 830 g/mol. The van der Waals surface area contributed by atoms with Gasteiger partial charge in [-0.15, -0.1) is 0 Å². The number of methoxy groups -OCH3 is 1. The first-order valence-corrected chi connectivity index (χ1v) is 20.1. The van der Waals surface area contributed by atoms with Gasteiger partial charge < -0.3 is 47.4 Å². The molecule has 316 valence electrons. The second-order valence-electron chi connectivity index (χ2n) is 14.7. The van der Waals surface area contributed by atoms with Gasteiger partial charge in [-0.2, -0.15) is 0 Å². The van der Waals surface area contributed by atoms with Crippen LogP contribution in [0.15, 0.2) is 152 Å². The first-order valence-electron chi connectivity index (χ1n) is 20.1. The summed E-state index contributed by atoms with van der Waals surface area (Å²) >= 11 is 0. The molecule has 0 N–H and O–H groups in total. The molecule has 2 bridgehead atoms. The van der Waals surface area contributed by atoms with Gasteiger partial charge in [-0.3, -0.25) is 0 Å². The van der Waals surface area contributed by atoms with Crippen molar-refractivity contribution in [1.29, 1.82) is 0 Å². The van der Waals surface area contributed by atoms with E-state index >= 15 is 0 Å². The normalized spacial score (nSPS) is 26.8. The Balaban J connectivity index is 1.17. The molecule has 0 aromatic heterocycles. The third-order valence-corrected chi connectivity index (χ3v) is 10.6. The molecule has 3 saturated heterocycles. The number of carbonyl (C=O) groups is 3. The van der Waals surface area contributed by atoms with Gasteiger partial charge in [0.1, 0.15) is 30.5 Å². The van der Waals surface area contributed by atoms with Crippen molar-refractivity contribution < 1.29 is 61.8 Å². The summed E-state index contributed by atoms with van der Waals surface area (Å²) < 4.78 is 63.3. The Hall–Kier alpha value is -5.77. The Morgan fingerprint density at radius 3 is 1.44 bits per heavy atom. The van der Waals surface area contributed by atoms with Gasteiger partial charge in [0.25, 0.3) is 0 Å². The summed E-state index contributed by atoms with van der Waals surface area (Å²) in [5.41, 5.74) is 3.07.